The quantitative estimate of drug-likeness (QED) is 0.796. The first-order valence-corrected chi connectivity index (χ1v) is 7.76. The van der Waals surface area contributed by atoms with Crippen LogP contribution in [0.2, 0.25) is 0 Å². The predicted molar refractivity (Wildman–Crippen MR) is 82.2 cm³/mol. The van der Waals surface area contributed by atoms with E-state index in [-0.39, 0.29) is 5.91 Å². The molecule has 0 bridgehead atoms. The molecule has 2 heterocycles. The van der Waals surface area contributed by atoms with E-state index in [4.69, 9.17) is 10.00 Å². The second-order valence-electron chi connectivity index (χ2n) is 6.17. The normalized spacial score (nSPS) is 21.4. The fourth-order valence-corrected chi connectivity index (χ4v) is 3.24. The molecule has 1 aromatic carbocycles. The first-order valence-electron chi connectivity index (χ1n) is 7.76. The van der Waals surface area contributed by atoms with Crippen molar-refractivity contribution < 1.29 is 9.53 Å². The van der Waals surface area contributed by atoms with E-state index < -0.39 is 0 Å². The molecule has 2 aliphatic heterocycles. The fourth-order valence-electron chi connectivity index (χ4n) is 3.24. The lowest BCUT2D eigenvalue weighted by Crippen LogP contribution is -2.48. The summed E-state index contributed by atoms with van der Waals surface area (Å²) in [6, 6.07) is 8.09. The molecule has 22 heavy (non-hydrogen) atoms. The van der Waals surface area contributed by atoms with E-state index in [0.717, 1.165) is 38.3 Å². The number of nitriles is 1. The second kappa shape index (κ2) is 6.27. The van der Waals surface area contributed by atoms with Crippen LogP contribution in [0.15, 0.2) is 24.3 Å². The summed E-state index contributed by atoms with van der Waals surface area (Å²) in [5.74, 6) is 1.87. The van der Waals surface area contributed by atoms with Gasteiger partial charge in [-0.1, -0.05) is 12.1 Å². The van der Waals surface area contributed by atoms with Gasteiger partial charge in [-0.15, -0.1) is 0 Å². The molecule has 0 aromatic heterocycles. The van der Waals surface area contributed by atoms with Gasteiger partial charge in [0.25, 0.3) is 0 Å². The fraction of sp³-hybridized carbons (Fsp3) is 0.529. The van der Waals surface area contributed by atoms with Gasteiger partial charge in [-0.2, -0.15) is 5.26 Å². The lowest BCUT2D eigenvalue weighted by atomic mass is 9.90. The molecule has 5 nitrogen and oxygen atoms in total. The van der Waals surface area contributed by atoms with E-state index in [2.05, 4.69) is 18.3 Å². The molecular weight excluding hydrogens is 278 g/mol. The van der Waals surface area contributed by atoms with Crippen molar-refractivity contribution in [3.63, 3.8) is 0 Å². The van der Waals surface area contributed by atoms with E-state index in [9.17, 15) is 4.79 Å². The van der Waals surface area contributed by atoms with Gasteiger partial charge in [0, 0.05) is 38.5 Å². The number of nitrogens with zero attached hydrogens (tertiary/aromatic N) is 3. The highest BCUT2D eigenvalue weighted by atomic mass is 16.5. The Labute approximate surface area is 131 Å². The number of benzene rings is 1. The van der Waals surface area contributed by atoms with E-state index in [1.807, 2.05) is 17.0 Å². The second-order valence-corrected chi connectivity index (χ2v) is 6.17. The summed E-state index contributed by atoms with van der Waals surface area (Å²) in [4.78, 5) is 15.9. The van der Waals surface area contributed by atoms with Crippen LogP contribution in [0.5, 0.6) is 5.75 Å². The molecule has 5 heteroatoms. The van der Waals surface area contributed by atoms with E-state index in [1.165, 1.54) is 5.56 Å². The Hall–Kier alpha value is -2.22. The Morgan fingerprint density at radius 2 is 2.05 bits per heavy atom. The lowest BCUT2D eigenvalue weighted by molar-refractivity contribution is -0.136. The van der Waals surface area contributed by atoms with Crippen molar-refractivity contribution in [2.75, 3.05) is 33.3 Å². The molecule has 2 aliphatic rings. The van der Waals surface area contributed by atoms with E-state index in [1.54, 1.807) is 12.0 Å². The van der Waals surface area contributed by atoms with Gasteiger partial charge in [0.1, 0.15) is 5.75 Å². The number of carbonyl (C=O) groups excluding carboxylic acids is 1. The predicted octanol–water partition coefficient (Wildman–Crippen LogP) is 1.81. The Kier molecular flexibility index (Phi) is 4.19. The van der Waals surface area contributed by atoms with Gasteiger partial charge in [0.15, 0.2) is 6.19 Å². The molecule has 2 fully saturated rings. The number of ether oxygens (including phenoxy) is 1. The smallest absolute Gasteiger partial charge is 0.222 e. The third-order valence-corrected chi connectivity index (χ3v) is 4.71. The number of likely N-dealkylation sites (tertiary alicyclic amines) is 2. The minimum Gasteiger partial charge on any atom is -0.497 e. The van der Waals surface area contributed by atoms with Crippen LogP contribution in [0, 0.1) is 17.4 Å². The summed E-state index contributed by atoms with van der Waals surface area (Å²) in [6.07, 6.45) is 3.69. The molecule has 116 valence electrons. The average Bonchev–Trinajstić information content (AvgIpc) is 2.94. The van der Waals surface area contributed by atoms with Crippen LogP contribution in [0.3, 0.4) is 0 Å². The Balaban J connectivity index is 1.46. The summed E-state index contributed by atoms with van der Waals surface area (Å²) in [5.41, 5.74) is 1.27. The molecule has 2 saturated heterocycles. The average molecular weight is 299 g/mol. The maximum absolute atomic E-state index is 12.3. The summed E-state index contributed by atoms with van der Waals surface area (Å²) in [5, 5.41) is 8.85. The number of methoxy groups -OCH3 is 1. The molecular formula is C17H21N3O2. The van der Waals surface area contributed by atoms with Crippen molar-refractivity contribution in [1.82, 2.24) is 9.80 Å². The Morgan fingerprint density at radius 3 is 2.64 bits per heavy atom. The largest absolute Gasteiger partial charge is 0.497 e. The highest BCUT2D eigenvalue weighted by molar-refractivity contribution is 5.77. The van der Waals surface area contributed by atoms with Gasteiger partial charge in [-0.05, 0) is 30.0 Å². The SMILES string of the molecule is COc1ccc(C2CN(C(=O)C[C@@H]3CCN(C#N)C3)C2)cc1. The van der Waals surface area contributed by atoms with Crippen LogP contribution >= 0.6 is 0 Å². The molecule has 0 radical (unpaired) electrons. The monoisotopic (exact) mass is 299 g/mol. The van der Waals surface area contributed by atoms with Crippen molar-refractivity contribution in [1.29, 1.82) is 5.26 Å². The van der Waals surface area contributed by atoms with Crippen LogP contribution in [-0.2, 0) is 4.79 Å². The van der Waals surface area contributed by atoms with Gasteiger partial charge in [0.2, 0.25) is 5.91 Å². The highest BCUT2D eigenvalue weighted by Crippen LogP contribution is 2.30. The third kappa shape index (κ3) is 3.01. The zero-order chi connectivity index (χ0) is 15.5. The molecule has 0 spiro atoms. The number of rotatable bonds is 4. The van der Waals surface area contributed by atoms with Crippen molar-refractivity contribution in [3.8, 4) is 11.9 Å². The van der Waals surface area contributed by atoms with Crippen molar-refractivity contribution in [3.05, 3.63) is 29.8 Å². The molecule has 0 N–H and O–H groups in total. The van der Waals surface area contributed by atoms with Crippen LogP contribution in [0.4, 0.5) is 0 Å². The zero-order valence-electron chi connectivity index (χ0n) is 12.9. The highest BCUT2D eigenvalue weighted by Gasteiger charge is 2.33. The molecule has 0 unspecified atom stereocenters. The molecule has 1 amide bonds. The van der Waals surface area contributed by atoms with Crippen LogP contribution in [-0.4, -0.2) is 49.0 Å². The summed E-state index contributed by atoms with van der Waals surface area (Å²) in [6.45, 7) is 3.14. The van der Waals surface area contributed by atoms with Gasteiger partial charge < -0.3 is 14.5 Å². The Morgan fingerprint density at radius 1 is 1.32 bits per heavy atom. The minimum absolute atomic E-state index is 0.231. The summed E-state index contributed by atoms with van der Waals surface area (Å²) in [7, 11) is 1.66. The van der Waals surface area contributed by atoms with E-state index in [0.29, 0.717) is 18.3 Å². The third-order valence-electron chi connectivity index (χ3n) is 4.71. The van der Waals surface area contributed by atoms with Gasteiger partial charge in [0.05, 0.1) is 7.11 Å². The molecule has 1 aromatic rings. The first-order chi connectivity index (χ1) is 10.7. The molecule has 1 atom stereocenters. The minimum atomic E-state index is 0.231. The Bertz CT molecular complexity index is 573. The first kappa shape index (κ1) is 14.7. The van der Waals surface area contributed by atoms with Gasteiger partial charge in [-0.3, -0.25) is 4.79 Å². The molecule has 0 saturated carbocycles. The van der Waals surface area contributed by atoms with Crippen LogP contribution < -0.4 is 4.74 Å². The zero-order valence-corrected chi connectivity index (χ0v) is 12.9. The van der Waals surface area contributed by atoms with E-state index >= 15 is 0 Å². The van der Waals surface area contributed by atoms with Crippen LogP contribution in [0.1, 0.15) is 24.3 Å². The number of hydrogen-bond donors (Lipinski definition) is 0. The number of amides is 1. The maximum atomic E-state index is 12.3. The molecule has 0 aliphatic carbocycles. The van der Waals surface area contributed by atoms with Crippen molar-refractivity contribution in [2.45, 2.75) is 18.8 Å². The van der Waals surface area contributed by atoms with Crippen molar-refractivity contribution >= 4 is 5.91 Å². The lowest BCUT2D eigenvalue weighted by Gasteiger charge is -2.40. The topological polar surface area (TPSA) is 56.6 Å². The number of hydrogen-bond acceptors (Lipinski definition) is 4. The number of carbonyl (C=O) groups is 1. The summed E-state index contributed by atoms with van der Waals surface area (Å²) < 4.78 is 5.16. The maximum Gasteiger partial charge on any atom is 0.222 e. The molecule has 3 rings (SSSR count). The summed E-state index contributed by atoms with van der Waals surface area (Å²) >= 11 is 0. The van der Waals surface area contributed by atoms with Crippen LogP contribution in [0.25, 0.3) is 0 Å². The van der Waals surface area contributed by atoms with Gasteiger partial charge in [-0.25, -0.2) is 0 Å². The standard InChI is InChI=1S/C17H21N3O2/c1-22-16-4-2-14(3-5-16)15-10-20(11-15)17(21)8-13-6-7-19(9-13)12-18/h2-5,13,15H,6-11H2,1H3/t13-/m0/s1. The van der Waals surface area contributed by atoms with Crippen molar-refractivity contribution in [2.24, 2.45) is 5.92 Å². The van der Waals surface area contributed by atoms with Gasteiger partial charge >= 0.3 is 0 Å².